The minimum absolute atomic E-state index is 0.0766. The van der Waals surface area contributed by atoms with Crippen LogP contribution in [0.3, 0.4) is 0 Å². The Balaban J connectivity index is 2.23. The maximum absolute atomic E-state index is 13.5. The van der Waals surface area contributed by atoms with Gasteiger partial charge in [-0.3, -0.25) is 13.9 Å². The molecule has 0 radical (unpaired) electrons. The Morgan fingerprint density at radius 3 is 2.22 bits per heavy atom. The van der Waals surface area contributed by atoms with Gasteiger partial charge in [-0.1, -0.05) is 67.7 Å². The lowest BCUT2D eigenvalue weighted by molar-refractivity contribution is -0.141. The Morgan fingerprint density at radius 1 is 1.03 bits per heavy atom. The third kappa shape index (κ3) is 9.51. The smallest absolute Gasteiger partial charge is 0.242 e. The number of benzene rings is 2. The summed E-state index contributed by atoms with van der Waals surface area (Å²) in [5.74, 6) is -0.193. The van der Waals surface area contributed by atoms with Crippen LogP contribution >= 0.6 is 23.2 Å². The highest BCUT2D eigenvalue weighted by molar-refractivity contribution is 7.92. The van der Waals surface area contributed by atoms with Gasteiger partial charge >= 0.3 is 0 Å². The van der Waals surface area contributed by atoms with Gasteiger partial charge in [0.05, 0.1) is 22.0 Å². The van der Waals surface area contributed by atoms with E-state index in [0.717, 1.165) is 17.4 Å². The minimum Gasteiger partial charge on any atom is -0.354 e. The van der Waals surface area contributed by atoms with Crippen molar-refractivity contribution in [3.8, 4) is 0 Å². The molecular formula is C27H37Cl2N3O4S. The molecule has 2 aromatic rings. The maximum Gasteiger partial charge on any atom is 0.242 e. The van der Waals surface area contributed by atoms with E-state index in [1.165, 1.54) is 4.31 Å². The third-order valence-corrected chi connectivity index (χ3v) is 7.81. The maximum atomic E-state index is 13.5. The normalized spacial score (nSPS) is 12.3. The summed E-state index contributed by atoms with van der Waals surface area (Å²) in [5.41, 5.74) is 2.31. The first-order valence-electron chi connectivity index (χ1n) is 12.4. The highest BCUT2D eigenvalue weighted by atomic mass is 35.5. The number of hydrogen-bond donors (Lipinski definition) is 1. The minimum atomic E-state index is -3.54. The number of halogens is 2. The van der Waals surface area contributed by atoms with Gasteiger partial charge in [-0.05, 0) is 55.5 Å². The number of hydrogen-bond acceptors (Lipinski definition) is 4. The fourth-order valence-electron chi connectivity index (χ4n) is 3.89. The number of rotatable bonds is 13. The van der Waals surface area contributed by atoms with Gasteiger partial charge in [0.2, 0.25) is 21.8 Å². The van der Waals surface area contributed by atoms with Crippen molar-refractivity contribution in [3.05, 3.63) is 63.6 Å². The fourth-order valence-corrected chi connectivity index (χ4v) is 5.18. The molecule has 7 nitrogen and oxygen atoms in total. The lowest BCUT2D eigenvalue weighted by atomic mass is 10.1. The summed E-state index contributed by atoms with van der Waals surface area (Å²) in [7, 11) is -3.54. The lowest BCUT2D eigenvalue weighted by Gasteiger charge is -2.31. The van der Waals surface area contributed by atoms with E-state index in [-0.39, 0.29) is 37.2 Å². The molecule has 0 aliphatic rings. The monoisotopic (exact) mass is 569 g/mol. The van der Waals surface area contributed by atoms with E-state index < -0.39 is 16.1 Å². The molecule has 0 saturated heterocycles. The number of aryl methyl sites for hydroxylation is 1. The van der Waals surface area contributed by atoms with Crippen molar-refractivity contribution >= 4 is 50.7 Å². The van der Waals surface area contributed by atoms with Crippen LogP contribution in [0.1, 0.15) is 51.2 Å². The number of carbonyl (C=O) groups excluding carboxylic acids is 2. The van der Waals surface area contributed by atoms with Crippen LogP contribution < -0.4 is 9.62 Å². The second kappa shape index (κ2) is 14.0. The second-order valence-corrected chi connectivity index (χ2v) is 12.3. The molecule has 1 atom stereocenters. The predicted molar refractivity (Wildman–Crippen MR) is 152 cm³/mol. The van der Waals surface area contributed by atoms with E-state index in [0.29, 0.717) is 35.1 Å². The van der Waals surface area contributed by atoms with Gasteiger partial charge in [0, 0.05) is 26.1 Å². The van der Waals surface area contributed by atoms with Crippen molar-refractivity contribution in [2.24, 2.45) is 5.92 Å². The molecule has 0 aliphatic carbocycles. The summed E-state index contributed by atoms with van der Waals surface area (Å²) < 4.78 is 26.2. The first-order chi connectivity index (χ1) is 17.3. The Hall–Kier alpha value is -2.29. The number of nitrogens with one attached hydrogen (secondary N) is 1. The fraction of sp³-hybridized carbons (Fsp3) is 0.481. The molecular weight excluding hydrogens is 533 g/mol. The summed E-state index contributed by atoms with van der Waals surface area (Å²) in [6, 6.07) is 11.6. The second-order valence-electron chi connectivity index (χ2n) is 9.61. The highest BCUT2D eigenvalue weighted by Gasteiger charge is 2.29. The van der Waals surface area contributed by atoms with E-state index in [1.807, 2.05) is 39.8 Å². The van der Waals surface area contributed by atoms with Crippen LogP contribution in [0.2, 0.25) is 10.0 Å². The van der Waals surface area contributed by atoms with E-state index in [4.69, 9.17) is 23.2 Å². The molecule has 10 heteroatoms. The van der Waals surface area contributed by atoms with E-state index >= 15 is 0 Å². The molecule has 0 fully saturated rings. The van der Waals surface area contributed by atoms with Crippen LogP contribution in [-0.2, 0) is 26.2 Å². The Labute approximate surface area is 231 Å². The molecule has 0 saturated carbocycles. The van der Waals surface area contributed by atoms with Crippen molar-refractivity contribution in [2.45, 2.75) is 59.5 Å². The number of carbonyl (C=O) groups is 2. The van der Waals surface area contributed by atoms with Gasteiger partial charge in [0.25, 0.3) is 0 Å². The molecule has 2 aromatic carbocycles. The van der Waals surface area contributed by atoms with Crippen molar-refractivity contribution in [2.75, 3.05) is 23.7 Å². The predicted octanol–water partition coefficient (Wildman–Crippen LogP) is 5.43. The zero-order chi connectivity index (χ0) is 27.8. The van der Waals surface area contributed by atoms with Gasteiger partial charge < -0.3 is 10.2 Å². The molecule has 0 bridgehead atoms. The number of amides is 2. The summed E-state index contributed by atoms with van der Waals surface area (Å²) in [4.78, 5) is 28.0. The van der Waals surface area contributed by atoms with Crippen molar-refractivity contribution in [1.29, 1.82) is 0 Å². The van der Waals surface area contributed by atoms with Crippen LogP contribution in [0.25, 0.3) is 0 Å². The lowest BCUT2D eigenvalue weighted by Crippen LogP contribution is -2.49. The Bertz CT molecular complexity index is 1170. The largest absolute Gasteiger partial charge is 0.354 e. The molecule has 0 aliphatic heterocycles. The molecule has 1 N–H and O–H groups in total. The molecule has 0 heterocycles. The van der Waals surface area contributed by atoms with Crippen LogP contribution in [0.5, 0.6) is 0 Å². The average Bonchev–Trinajstić information content (AvgIpc) is 2.82. The zero-order valence-electron chi connectivity index (χ0n) is 22.1. The average molecular weight is 571 g/mol. The van der Waals surface area contributed by atoms with Gasteiger partial charge in [-0.25, -0.2) is 8.42 Å². The number of sulfonamides is 1. The van der Waals surface area contributed by atoms with Crippen LogP contribution in [0.4, 0.5) is 5.69 Å². The third-order valence-electron chi connectivity index (χ3n) is 5.88. The Kier molecular flexibility index (Phi) is 11.7. The quantitative estimate of drug-likeness (QED) is 0.348. The zero-order valence-corrected chi connectivity index (χ0v) is 24.5. The van der Waals surface area contributed by atoms with Crippen LogP contribution in [-0.4, -0.2) is 50.5 Å². The molecule has 2 rings (SSSR count). The first-order valence-corrected chi connectivity index (χ1v) is 15.0. The number of anilines is 1. The molecule has 0 unspecified atom stereocenters. The van der Waals surface area contributed by atoms with Crippen molar-refractivity contribution < 1.29 is 18.0 Å². The summed E-state index contributed by atoms with van der Waals surface area (Å²) in [6.45, 7) is 8.61. The molecule has 0 spiro atoms. The van der Waals surface area contributed by atoms with Crippen molar-refractivity contribution in [1.82, 2.24) is 10.2 Å². The topological polar surface area (TPSA) is 86.8 Å². The Morgan fingerprint density at radius 2 is 1.68 bits per heavy atom. The van der Waals surface area contributed by atoms with Crippen LogP contribution in [0, 0.1) is 12.8 Å². The van der Waals surface area contributed by atoms with Gasteiger partial charge in [0.1, 0.15) is 6.04 Å². The molecule has 204 valence electrons. The van der Waals surface area contributed by atoms with E-state index in [2.05, 4.69) is 5.32 Å². The van der Waals surface area contributed by atoms with Crippen LogP contribution in [0.15, 0.2) is 42.5 Å². The highest BCUT2D eigenvalue weighted by Crippen LogP contribution is 2.25. The van der Waals surface area contributed by atoms with Gasteiger partial charge in [0.15, 0.2) is 0 Å². The molecule has 37 heavy (non-hydrogen) atoms. The summed E-state index contributed by atoms with van der Waals surface area (Å²) in [5, 5.41) is 3.70. The first kappa shape index (κ1) is 30.9. The molecule has 0 aromatic heterocycles. The van der Waals surface area contributed by atoms with Gasteiger partial charge in [-0.15, -0.1) is 0 Å². The van der Waals surface area contributed by atoms with Gasteiger partial charge in [-0.2, -0.15) is 0 Å². The van der Waals surface area contributed by atoms with Crippen molar-refractivity contribution in [3.63, 3.8) is 0 Å². The number of nitrogens with zero attached hydrogens (tertiary/aromatic N) is 2. The SMILES string of the molecule is CC[C@H](C(=O)NCC(C)C)N(Cc1ccc(Cl)c(Cl)c1)C(=O)CCCN(c1ccc(C)cc1)S(C)(=O)=O. The summed E-state index contributed by atoms with van der Waals surface area (Å²) in [6.07, 6.45) is 1.95. The van der Waals surface area contributed by atoms with E-state index in [9.17, 15) is 18.0 Å². The van der Waals surface area contributed by atoms with E-state index in [1.54, 1.807) is 35.2 Å². The summed E-state index contributed by atoms with van der Waals surface area (Å²) >= 11 is 12.2. The standard InChI is InChI=1S/C27H37Cl2N3O4S/c1-6-25(27(34)30-17-19(2)3)31(18-21-11-14-23(28)24(29)16-21)26(33)8-7-15-32(37(5,35)36)22-12-9-20(4)10-13-22/h9-14,16,19,25H,6-8,15,17-18H2,1-5H3,(H,30,34)/t25-/m1/s1. The molecule has 2 amide bonds.